The second-order valence-electron chi connectivity index (χ2n) is 7.16. The van der Waals surface area contributed by atoms with E-state index in [1.54, 1.807) is 24.5 Å². The average molecular weight is 423 g/mol. The van der Waals surface area contributed by atoms with Crippen LogP contribution < -0.4 is 14.9 Å². The van der Waals surface area contributed by atoms with E-state index in [1.807, 2.05) is 50.2 Å². The van der Waals surface area contributed by atoms with Crippen LogP contribution in [0.5, 0.6) is 0 Å². The normalized spacial score (nSPS) is 16.4. The monoisotopic (exact) mass is 422 g/mol. The molecule has 1 aliphatic rings. The molecule has 30 heavy (non-hydrogen) atoms. The lowest BCUT2D eigenvalue weighted by Gasteiger charge is -2.24. The molecule has 1 aliphatic heterocycles. The molecule has 0 bridgehead atoms. The summed E-state index contributed by atoms with van der Waals surface area (Å²) in [5, 5.41) is 0. The first-order chi connectivity index (χ1) is 14.4. The number of furan rings is 1. The molecule has 1 aromatic carbocycles. The predicted octanol–water partition coefficient (Wildman–Crippen LogP) is 3.01. The number of hydrogen-bond acceptors (Lipinski definition) is 6. The van der Waals surface area contributed by atoms with Gasteiger partial charge < -0.3 is 9.15 Å². The Hall–Kier alpha value is -3.19. The number of allylic oxidation sites excluding steroid dienone is 1. The molecule has 1 atom stereocenters. The molecule has 0 fully saturated rings. The molecule has 7 heteroatoms. The van der Waals surface area contributed by atoms with Crippen LogP contribution in [0.25, 0.3) is 6.08 Å². The SMILES string of the molecule is CCOC(=O)C1=C(C)N=c2s/c(=C\c3ccc(C)o3)c(=O)n2C1c1ccc(C)cc1. The first-order valence-electron chi connectivity index (χ1n) is 9.71. The molecule has 0 radical (unpaired) electrons. The highest BCUT2D eigenvalue weighted by Gasteiger charge is 2.33. The van der Waals surface area contributed by atoms with Crippen molar-refractivity contribution in [2.75, 3.05) is 6.61 Å². The Bertz CT molecular complexity index is 1320. The van der Waals surface area contributed by atoms with Crippen LogP contribution >= 0.6 is 11.3 Å². The van der Waals surface area contributed by atoms with E-state index in [0.29, 0.717) is 26.4 Å². The quantitative estimate of drug-likeness (QED) is 0.606. The summed E-state index contributed by atoms with van der Waals surface area (Å²) in [5.74, 6) is 0.915. The summed E-state index contributed by atoms with van der Waals surface area (Å²) in [6, 6.07) is 10.9. The lowest BCUT2D eigenvalue weighted by Crippen LogP contribution is -2.39. The maximum atomic E-state index is 13.4. The van der Waals surface area contributed by atoms with Crippen molar-refractivity contribution in [1.82, 2.24) is 4.57 Å². The Balaban J connectivity index is 1.96. The van der Waals surface area contributed by atoms with Gasteiger partial charge in [-0.3, -0.25) is 9.36 Å². The Morgan fingerprint density at radius 2 is 1.93 bits per heavy atom. The number of aromatic nitrogens is 1. The number of ether oxygens (including phenoxy) is 1. The van der Waals surface area contributed by atoms with Crippen LogP contribution in [0, 0.1) is 13.8 Å². The summed E-state index contributed by atoms with van der Waals surface area (Å²) in [4.78, 5) is 31.3. The molecule has 0 saturated carbocycles. The standard InChI is InChI=1S/C23H22N2O4S/c1-5-28-22(27)19-15(4)24-23-25(20(19)16-9-6-13(2)7-10-16)21(26)18(30-23)12-17-11-8-14(3)29-17/h6-12,20H,5H2,1-4H3/b18-12-. The Morgan fingerprint density at radius 3 is 2.57 bits per heavy atom. The van der Waals surface area contributed by atoms with E-state index in [0.717, 1.165) is 16.9 Å². The maximum Gasteiger partial charge on any atom is 0.338 e. The molecular formula is C23H22N2O4S. The summed E-state index contributed by atoms with van der Waals surface area (Å²) >= 11 is 1.28. The van der Waals surface area contributed by atoms with Crippen LogP contribution in [0.4, 0.5) is 0 Å². The molecule has 1 unspecified atom stereocenters. The minimum Gasteiger partial charge on any atom is -0.463 e. The van der Waals surface area contributed by atoms with E-state index < -0.39 is 12.0 Å². The van der Waals surface area contributed by atoms with Crippen molar-refractivity contribution >= 4 is 23.4 Å². The second kappa shape index (κ2) is 7.91. The number of rotatable bonds is 4. The molecule has 6 nitrogen and oxygen atoms in total. The highest BCUT2D eigenvalue weighted by molar-refractivity contribution is 7.07. The van der Waals surface area contributed by atoms with Gasteiger partial charge in [0.15, 0.2) is 4.80 Å². The van der Waals surface area contributed by atoms with E-state index in [9.17, 15) is 9.59 Å². The first-order valence-corrected chi connectivity index (χ1v) is 10.5. The van der Waals surface area contributed by atoms with Gasteiger partial charge in [0, 0.05) is 6.08 Å². The van der Waals surface area contributed by atoms with Crippen LogP contribution in [-0.2, 0) is 9.53 Å². The molecule has 3 heterocycles. The van der Waals surface area contributed by atoms with Crippen LogP contribution in [0.3, 0.4) is 0 Å². The van der Waals surface area contributed by atoms with Gasteiger partial charge in [-0.2, -0.15) is 0 Å². The van der Waals surface area contributed by atoms with Crippen molar-refractivity contribution in [3.63, 3.8) is 0 Å². The summed E-state index contributed by atoms with van der Waals surface area (Å²) in [5.41, 5.74) is 2.65. The van der Waals surface area contributed by atoms with Gasteiger partial charge >= 0.3 is 5.97 Å². The van der Waals surface area contributed by atoms with E-state index in [-0.39, 0.29) is 12.2 Å². The maximum absolute atomic E-state index is 13.4. The molecule has 3 aromatic rings. The molecule has 0 spiro atoms. The summed E-state index contributed by atoms with van der Waals surface area (Å²) in [6.45, 7) is 7.63. The van der Waals surface area contributed by atoms with Gasteiger partial charge in [-0.15, -0.1) is 0 Å². The summed E-state index contributed by atoms with van der Waals surface area (Å²) in [6.07, 6.45) is 1.71. The Morgan fingerprint density at radius 1 is 1.20 bits per heavy atom. The van der Waals surface area contributed by atoms with Gasteiger partial charge in [-0.25, -0.2) is 9.79 Å². The van der Waals surface area contributed by atoms with E-state index >= 15 is 0 Å². The van der Waals surface area contributed by atoms with Gasteiger partial charge in [-0.05, 0) is 45.4 Å². The number of esters is 1. The predicted molar refractivity (Wildman–Crippen MR) is 115 cm³/mol. The van der Waals surface area contributed by atoms with Crippen LogP contribution in [0.15, 0.2) is 61.9 Å². The van der Waals surface area contributed by atoms with Crippen molar-refractivity contribution in [1.29, 1.82) is 0 Å². The lowest BCUT2D eigenvalue weighted by molar-refractivity contribution is -0.139. The number of carbonyl (C=O) groups excluding carboxylic acids is 1. The molecule has 0 aliphatic carbocycles. The number of carbonyl (C=O) groups is 1. The number of hydrogen-bond donors (Lipinski definition) is 0. The molecular weight excluding hydrogens is 400 g/mol. The first kappa shape index (κ1) is 20.1. The van der Waals surface area contributed by atoms with Crippen LogP contribution in [0.2, 0.25) is 0 Å². The van der Waals surface area contributed by atoms with Crippen molar-refractivity contribution < 1.29 is 13.9 Å². The van der Waals surface area contributed by atoms with E-state index in [2.05, 4.69) is 4.99 Å². The molecule has 0 N–H and O–H groups in total. The van der Waals surface area contributed by atoms with E-state index in [4.69, 9.17) is 9.15 Å². The minimum atomic E-state index is -0.596. The third-order valence-electron chi connectivity index (χ3n) is 4.94. The topological polar surface area (TPSA) is 73.8 Å². The zero-order valence-corrected chi connectivity index (χ0v) is 18.1. The van der Waals surface area contributed by atoms with Crippen molar-refractivity contribution in [3.05, 3.63) is 90.0 Å². The van der Waals surface area contributed by atoms with Crippen LogP contribution in [-0.4, -0.2) is 17.1 Å². The number of thiazole rings is 1. The van der Waals surface area contributed by atoms with Gasteiger partial charge in [0.2, 0.25) is 0 Å². The Labute approximate surface area is 177 Å². The lowest BCUT2D eigenvalue weighted by atomic mass is 9.95. The zero-order chi connectivity index (χ0) is 21.4. The number of aryl methyl sites for hydroxylation is 2. The fourth-order valence-corrected chi connectivity index (χ4v) is 4.54. The third-order valence-corrected chi connectivity index (χ3v) is 5.93. The highest BCUT2D eigenvalue weighted by Crippen LogP contribution is 2.30. The Kier molecular flexibility index (Phi) is 5.30. The molecule has 154 valence electrons. The molecule has 2 aromatic heterocycles. The van der Waals surface area contributed by atoms with E-state index in [1.165, 1.54) is 11.3 Å². The van der Waals surface area contributed by atoms with Crippen molar-refractivity contribution in [3.8, 4) is 0 Å². The molecule has 4 rings (SSSR count). The number of nitrogens with zero attached hydrogens (tertiary/aromatic N) is 2. The third kappa shape index (κ3) is 3.57. The molecule has 0 amide bonds. The highest BCUT2D eigenvalue weighted by atomic mass is 32.1. The van der Waals surface area contributed by atoms with Crippen molar-refractivity contribution in [2.24, 2.45) is 4.99 Å². The van der Waals surface area contributed by atoms with Gasteiger partial charge in [-0.1, -0.05) is 41.2 Å². The smallest absolute Gasteiger partial charge is 0.338 e. The second-order valence-corrected chi connectivity index (χ2v) is 8.17. The zero-order valence-electron chi connectivity index (χ0n) is 17.3. The van der Waals surface area contributed by atoms with Gasteiger partial charge in [0.05, 0.1) is 28.5 Å². The summed E-state index contributed by atoms with van der Waals surface area (Å²) < 4.78 is 13.0. The number of benzene rings is 1. The van der Waals surface area contributed by atoms with Crippen LogP contribution in [0.1, 0.15) is 42.5 Å². The average Bonchev–Trinajstić information content (AvgIpc) is 3.24. The van der Waals surface area contributed by atoms with Crippen molar-refractivity contribution in [2.45, 2.75) is 33.7 Å². The fraction of sp³-hybridized carbons (Fsp3) is 0.261. The van der Waals surface area contributed by atoms with Gasteiger partial charge in [0.25, 0.3) is 5.56 Å². The summed E-state index contributed by atoms with van der Waals surface area (Å²) in [7, 11) is 0. The largest absolute Gasteiger partial charge is 0.463 e. The van der Waals surface area contributed by atoms with Gasteiger partial charge in [0.1, 0.15) is 11.5 Å². The fourth-order valence-electron chi connectivity index (χ4n) is 3.52. The minimum absolute atomic E-state index is 0.215. The molecule has 0 saturated heterocycles. The number of fused-ring (bicyclic) bond motifs is 1.